The van der Waals surface area contributed by atoms with E-state index in [1.54, 1.807) is 0 Å². The van der Waals surface area contributed by atoms with Crippen LogP contribution in [0.3, 0.4) is 0 Å². The minimum atomic E-state index is -0.0403. The summed E-state index contributed by atoms with van der Waals surface area (Å²) in [7, 11) is 0. The number of carbonyl (C=O) groups is 1. The summed E-state index contributed by atoms with van der Waals surface area (Å²) in [5, 5.41) is 3.09. The normalized spacial score (nSPS) is 29.4. The second-order valence-corrected chi connectivity index (χ2v) is 5.46. The molecular formula is C15H20N2O2. The molecule has 4 heteroatoms. The van der Waals surface area contributed by atoms with Crippen LogP contribution in [0.5, 0.6) is 5.75 Å². The summed E-state index contributed by atoms with van der Waals surface area (Å²) in [6.07, 6.45) is 4.10. The van der Waals surface area contributed by atoms with Crippen molar-refractivity contribution >= 4 is 5.91 Å². The maximum absolute atomic E-state index is 12.3. The van der Waals surface area contributed by atoms with E-state index in [0.717, 1.165) is 37.0 Å². The predicted octanol–water partition coefficient (Wildman–Crippen LogP) is 1.75. The number of carbonyl (C=O) groups excluding carboxylic acids is 1. The molecule has 1 aromatic rings. The van der Waals surface area contributed by atoms with Crippen molar-refractivity contribution in [3.63, 3.8) is 0 Å². The van der Waals surface area contributed by atoms with Gasteiger partial charge in [-0.1, -0.05) is 31.0 Å². The highest BCUT2D eigenvalue weighted by Crippen LogP contribution is 2.32. The number of nitrogens with one attached hydrogen (secondary N) is 1. The standard InChI is InChI=1S/C15H20N2O2/c16-12-7-3-1-5-10(12)15(18)17-13-9-19-14-8-4-2-6-11(13)14/h2,4,6,8,10,12-13H,1,3,5,7,9,16H2,(H,17,18). The lowest BCUT2D eigenvalue weighted by Gasteiger charge is -2.28. The van der Waals surface area contributed by atoms with E-state index < -0.39 is 0 Å². The first-order valence-electron chi connectivity index (χ1n) is 7.03. The fourth-order valence-electron chi connectivity index (χ4n) is 3.05. The molecule has 4 nitrogen and oxygen atoms in total. The molecule has 0 saturated heterocycles. The van der Waals surface area contributed by atoms with Crippen LogP contribution in [0.2, 0.25) is 0 Å². The highest BCUT2D eigenvalue weighted by molar-refractivity contribution is 5.80. The molecule has 2 aliphatic rings. The van der Waals surface area contributed by atoms with E-state index in [9.17, 15) is 4.79 Å². The maximum Gasteiger partial charge on any atom is 0.225 e. The Labute approximate surface area is 113 Å². The van der Waals surface area contributed by atoms with E-state index >= 15 is 0 Å². The van der Waals surface area contributed by atoms with Crippen LogP contribution in [0.1, 0.15) is 37.3 Å². The van der Waals surface area contributed by atoms with Crippen LogP contribution in [0.25, 0.3) is 0 Å². The fraction of sp³-hybridized carbons (Fsp3) is 0.533. The largest absolute Gasteiger partial charge is 0.491 e. The van der Waals surface area contributed by atoms with Gasteiger partial charge in [0.05, 0.1) is 12.0 Å². The lowest BCUT2D eigenvalue weighted by atomic mass is 9.84. The molecule has 0 aromatic heterocycles. The number of benzene rings is 1. The zero-order valence-electron chi connectivity index (χ0n) is 11.0. The maximum atomic E-state index is 12.3. The van der Waals surface area contributed by atoms with Gasteiger partial charge in [0.25, 0.3) is 0 Å². The molecule has 1 heterocycles. The predicted molar refractivity (Wildman–Crippen MR) is 72.8 cm³/mol. The lowest BCUT2D eigenvalue weighted by molar-refractivity contribution is -0.127. The summed E-state index contributed by atoms with van der Waals surface area (Å²) in [5.74, 6) is 0.916. The van der Waals surface area contributed by atoms with Crippen molar-refractivity contribution in [3.05, 3.63) is 29.8 Å². The number of amides is 1. The fourth-order valence-corrected chi connectivity index (χ4v) is 3.05. The second-order valence-electron chi connectivity index (χ2n) is 5.46. The molecule has 3 unspecified atom stereocenters. The van der Waals surface area contributed by atoms with Crippen molar-refractivity contribution in [2.75, 3.05) is 6.61 Å². The van der Waals surface area contributed by atoms with E-state index in [1.165, 1.54) is 0 Å². The van der Waals surface area contributed by atoms with Crippen LogP contribution in [0.4, 0.5) is 0 Å². The molecule has 19 heavy (non-hydrogen) atoms. The number of rotatable bonds is 2. The van der Waals surface area contributed by atoms with Crippen LogP contribution < -0.4 is 15.8 Å². The average molecular weight is 260 g/mol. The van der Waals surface area contributed by atoms with Crippen molar-refractivity contribution in [2.24, 2.45) is 11.7 Å². The van der Waals surface area contributed by atoms with Gasteiger partial charge >= 0.3 is 0 Å². The molecule has 0 radical (unpaired) electrons. The van der Waals surface area contributed by atoms with Gasteiger partial charge in [-0.15, -0.1) is 0 Å². The number of para-hydroxylation sites is 1. The SMILES string of the molecule is NC1CCCCC1C(=O)NC1COc2ccccc21. The summed E-state index contributed by atoms with van der Waals surface area (Å²) in [4.78, 5) is 12.3. The van der Waals surface area contributed by atoms with Gasteiger partial charge in [0.15, 0.2) is 0 Å². The van der Waals surface area contributed by atoms with Gasteiger partial charge in [-0.3, -0.25) is 4.79 Å². The third kappa shape index (κ3) is 2.45. The average Bonchev–Trinajstić information content (AvgIpc) is 2.83. The van der Waals surface area contributed by atoms with Crippen molar-refractivity contribution in [1.82, 2.24) is 5.32 Å². The minimum absolute atomic E-state index is 0.00585. The number of hydrogen-bond acceptors (Lipinski definition) is 3. The molecule has 1 aromatic carbocycles. The molecular weight excluding hydrogens is 240 g/mol. The Balaban J connectivity index is 1.67. The van der Waals surface area contributed by atoms with Crippen molar-refractivity contribution in [2.45, 2.75) is 37.8 Å². The van der Waals surface area contributed by atoms with E-state index in [4.69, 9.17) is 10.5 Å². The van der Waals surface area contributed by atoms with Gasteiger partial charge in [0.2, 0.25) is 5.91 Å². The van der Waals surface area contributed by atoms with E-state index in [1.807, 2.05) is 24.3 Å². The monoisotopic (exact) mass is 260 g/mol. The number of ether oxygens (including phenoxy) is 1. The Morgan fingerprint density at radius 2 is 2.05 bits per heavy atom. The number of fused-ring (bicyclic) bond motifs is 1. The topological polar surface area (TPSA) is 64.4 Å². The van der Waals surface area contributed by atoms with Crippen LogP contribution in [-0.4, -0.2) is 18.6 Å². The second kappa shape index (κ2) is 5.21. The van der Waals surface area contributed by atoms with Crippen LogP contribution >= 0.6 is 0 Å². The van der Waals surface area contributed by atoms with Crippen LogP contribution in [0.15, 0.2) is 24.3 Å². The zero-order chi connectivity index (χ0) is 13.2. The molecule has 1 fully saturated rings. The smallest absolute Gasteiger partial charge is 0.225 e. The summed E-state index contributed by atoms with van der Waals surface area (Å²) < 4.78 is 5.58. The third-order valence-electron chi connectivity index (χ3n) is 4.17. The van der Waals surface area contributed by atoms with E-state index in [2.05, 4.69) is 5.32 Å². The molecule has 102 valence electrons. The minimum Gasteiger partial charge on any atom is -0.491 e. The first kappa shape index (κ1) is 12.5. The summed E-state index contributed by atoms with van der Waals surface area (Å²) in [5.41, 5.74) is 7.13. The Morgan fingerprint density at radius 3 is 2.89 bits per heavy atom. The van der Waals surface area contributed by atoms with Crippen molar-refractivity contribution in [1.29, 1.82) is 0 Å². The van der Waals surface area contributed by atoms with Gasteiger partial charge in [-0.25, -0.2) is 0 Å². The summed E-state index contributed by atoms with van der Waals surface area (Å²) >= 11 is 0. The number of nitrogens with two attached hydrogens (primary N) is 1. The summed E-state index contributed by atoms with van der Waals surface area (Å²) in [6.45, 7) is 0.521. The first-order valence-corrected chi connectivity index (χ1v) is 7.03. The molecule has 3 rings (SSSR count). The third-order valence-corrected chi connectivity index (χ3v) is 4.17. The highest BCUT2D eigenvalue weighted by Gasteiger charge is 2.32. The van der Waals surface area contributed by atoms with Crippen molar-refractivity contribution < 1.29 is 9.53 Å². The molecule has 0 spiro atoms. The quantitative estimate of drug-likeness (QED) is 0.851. The molecule has 3 N–H and O–H groups in total. The molecule has 0 bridgehead atoms. The van der Waals surface area contributed by atoms with Crippen molar-refractivity contribution in [3.8, 4) is 5.75 Å². The van der Waals surface area contributed by atoms with Gasteiger partial charge in [-0.05, 0) is 18.9 Å². The molecule has 1 amide bonds. The molecule has 1 aliphatic carbocycles. The van der Waals surface area contributed by atoms with Gasteiger partial charge in [-0.2, -0.15) is 0 Å². The van der Waals surface area contributed by atoms with Gasteiger partial charge < -0.3 is 15.8 Å². The molecule has 1 aliphatic heterocycles. The Bertz CT molecular complexity index is 475. The first-order chi connectivity index (χ1) is 9.25. The number of hydrogen-bond donors (Lipinski definition) is 2. The molecule has 3 atom stereocenters. The zero-order valence-corrected chi connectivity index (χ0v) is 11.0. The van der Waals surface area contributed by atoms with Gasteiger partial charge in [0.1, 0.15) is 12.4 Å². The Morgan fingerprint density at radius 1 is 1.26 bits per heavy atom. The van der Waals surface area contributed by atoms with Crippen LogP contribution in [-0.2, 0) is 4.79 Å². The van der Waals surface area contributed by atoms with Crippen LogP contribution in [0, 0.1) is 5.92 Å². The van der Waals surface area contributed by atoms with Gasteiger partial charge in [0, 0.05) is 11.6 Å². The lowest BCUT2D eigenvalue weighted by Crippen LogP contribution is -2.44. The Hall–Kier alpha value is -1.55. The summed E-state index contributed by atoms with van der Waals surface area (Å²) in [6, 6.07) is 7.84. The highest BCUT2D eigenvalue weighted by atomic mass is 16.5. The molecule has 1 saturated carbocycles. The van der Waals surface area contributed by atoms with E-state index in [0.29, 0.717) is 6.61 Å². The Kier molecular flexibility index (Phi) is 3.42. The van der Waals surface area contributed by atoms with E-state index in [-0.39, 0.29) is 23.9 Å².